The number of anilines is 4. The van der Waals surface area contributed by atoms with Crippen LogP contribution in [-0.4, -0.2) is 75.0 Å². The Morgan fingerprint density at radius 2 is 1.31 bits per heavy atom. The lowest BCUT2D eigenvalue weighted by molar-refractivity contribution is -0.119. The van der Waals surface area contributed by atoms with Crippen LogP contribution in [0.4, 0.5) is 22.7 Å². The molecule has 0 spiro atoms. The molecule has 6 rings (SSSR count). The van der Waals surface area contributed by atoms with Crippen molar-refractivity contribution in [2.45, 2.75) is 38.5 Å². The van der Waals surface area contributed by atoms with Gasteiger partial charge >= 0.3 is 0 Å². The quantitative estimate of drug-likeness (QED) is 0.678. The molecule has 6 heterocycles. The van der Waals surface area contributed by atoms with Gasteiger partial charge in [-0.05, 0) is 26.0 Å². The van der Waals surface area contributed by atoms with Crippen LogP contribution in [0.15, 0.2) is 24.5 Å². The van der Waals surface area contributed by atoms with Crippen molar-refractivity contribution in [3.8, 4) is 0 Å². The molecule has 0 unspecified atom stereocenters. The molecule has 4 aliphatic rings. The first-order valence-corrected chi connectivity index (χ1v) is 12.5. The molecule has 0 saturated carbocycles. The van der Waals surface area contributed by atoms with Gasteiger partial charge in [0.1, 0.15) is 0 Å². The van der Waals surface area contributed by atoms with Crippen molar-refractivity contribution in [1.29, 1.82) is 0 Å². The van der Waals surface area contributed by atoms with E-state index in [-0.39, 0.29) is 11.3 Å². The Hall–Kier alpha value is -2.91. The summed E-state index contributed by atoms with van der Waals surface area (Å²) in [5.41, 5.74) is 5.94. The lowest BCUT2D eigenvalue weighted by atomic mass is 9.90. The zero-order valence-electron chi connectivity index (χ0n) is 21.2. The minimum atomic E-state index is -0.529. The molecule has 1 amide bonds. The van der Waals surface area contributed by atoms with Crippen molar-refractivity contribution >= 4 is 28.7 Å². The average Bonchev–Trinajstić information content (AvgIpc) is 3.31. The predicted molar refractivity (Wildman–Crippen MR) is 138 cm³/mol. The third-order valence-electron chi connectivity index (χ3n) is 7.27. The summed E-state index contributed by atoms with van der Waals surface area (Å²) in [5.74, 6) is 0.0177. The van der Waals surface area contributed by atoms with Gasteiger partial charge in [0.2, 0.25) is 5.91 Å². The number of rotatable bonds is 2. The number of hydrogen-bond donors (Lipinski definition) is 2. The summed E-state index contributed by atoms with van der Waals surface area (Å²) in [4.78, 5) is 25.5. The monoisotopic (exact) mass is 480 g/mol. The summed E-state index contributed by atoms with van der Waals surface area (Å²) in [7, 11) is 0. The van der Waals surface area contributed by atoms with E-state index in [0.29, 0.717) is 0 Å². The molecule has 0 aromatic carbocycles. The van der Waals surface area contributed by atoms with E-state index < -0.39 is 5.41 Å². The molecule has 0 radical (unpaired) electrons. The third kappa shape index (κ3) is 4.67. The number of nitrogens with zero attached hydrogens (tertiary/aromatic N) is 4. The van der Waals surface area contributed by atoms with Gasteiger partial charge < -0.3 is 29.9 Å². The smallest absolute Gasteiger partial charge is 0.236 e. The van der Waals surface area contributed by atoms with Gasteiger partial charge in [-0.3, -0.25) is 14.8 Å². The van der Waals surface area contributed by atoms with Crippen molar-refractivity contribution in [3.63, 3.8) is 0 Å². The van der Waals surface area contributed by atoms with Crippen LogP contribution >= 0.6 is 0 Å². The maximum absolute atomic E-state index is 11.9. The molecule has 35 heavy (non-hydrogen) atoms. The van der Waals surface area contributed by atoms with Crippen molar-refractivity contribution < 1.29 is 14.3 Å². The van der Waals surface area contributed by atoms with Crippen LogP contribution in [0.1, 0.15) is 39.1 Å². The first-order valence-electron chi connectivity index (χ1n) is 12.5. The fraction of sp³-hybridized carbons (Fsp3) is 0.577. The van der Waals surface area contributed by atoms with Crippen molar-refractivity contribution in [2.75, 3.05) is 79.6 Å². The average molecular weight is 481 g/mol. The van der Waals surface area contributed by atoms with E-state index in [2.05, 4.69) is 50.3 Å². The van der Waals surface area contributed by atoms with Crippen molar-refractivity contribution in [1.82, 2.24) is 9.97 Å². The van der Waals surface area contributed by atoms with Gasteiger partial charge in [-0.2, -0.15) is 0 Å². The normalized spacial score (nSPS) is 21.9. The highest BCUT2D eigenvalue weighted by atomic mass is 16.5. The second kappa shape index (κ2) is 9.28. The number of morpholine rings is 2. The zero-order chi connectivity index (χ0) is 24.6. The summed E-state index contributed by atoms with van der Waals surface area (Å²) in [5, 5.41) is 6.36. The molecule has 2 aromatic heterocycles. The Kier molecular flexibility index (Phi) is 6.31. The van der Waals surface area contributed by atoms with Gasteiger partial charge in [-0.1, -0.05) is 13.8 Å². The fourth-order valence-corrected chi connectivity index (χ4v) is 4.95. The third-order valence-corrected chi connectivity index (χ3v) is 7.27. The molecule has 9 nitrogen and oxygen atoms in total. The number of carbonyl (C=O) groups excluding carboxylic acids is 1. The van der Waals surface area contributed by atoms with E-state index >= 15 is 0 Å². The first kappa shape index (κ1) is 23.8. The van der Waals surface area contributed by atoms with Gasteiger partial charge in [0.05, 0.1) is 78.4 Å². The topological polar surface area (TPSA) is 91.9 Å². The number of nitrogens with one attached hydrogen (secondary N) is 2. The molecular formula is C26H36N6O3. The van der Waals surface area contributed by atoms with Gasteiger partial charge in [-0.15, -0.1) is 0 Å². The van der Waals surface area contributed by atoms with Crippen molar-refractivity contribution in [2.24, 2.45) is 0 Å². The minimum absolute atomic E-state index is 0.0177. The van der Waals surface area contributed by atoms with Crippen molar-refractivity contribution in [3.05, 3.63) is 35.9 Å². The van der Waals surface area contributed by atoms with Gasteiger partial charge in [0.15, 0.2) is 0 Å². The standard InChI is InChI=1S/C13H17N3O2.C13H19N3O/c1-13(2)11-10(15-12(13)17)7-9(8-14-11)16-3-5-18-6-4-16;1-13(2)9-15-11-7-10(8-14-12(11)13)16-3-5-17-6-4-16/h7-8H,3-6H2,1-2H3,(H,15,17);7-8,15H,3-6,9H2,1-2H3. The van der Waals surface area contributed by atoms with Crippen LogP contribution in [0.3, 0.4) is 0 Å². The molecule has 0 aliphatic carbocycles. The molecule has 2 aromatic rings. The molecule has 2 fully saturated rings. The van der Waals surface area contributed by atoms with Gasteiger partial charge in [-0.25, -0.2) is 0 Å². The summed E-state index contributed by atoms with van der Waals surface area (Å²) in [6.07, 6.45) is 3.85. The second-order valence-corrected chi connectivity index (χ2v) is 10.7. The van der Waals surface area contributed by atoms with E-state index in [1.54, 1.807) is 0 Å². The highest BCUT2D eigenvalue weighted by Gasteiger charge is 2.40. The number of aromatic nitrogens is 2. The van der Waals surface area contributed by atoms with E-state index in [1.807, 2.05) is 32.3 Å². The first-order chi connectivity index (χ1) is 16.8. The van der Waals surface area contributed by atoms with Gasteiger partial charge in [0, 0.05) is 38.1 Å². The molecule has 2 N–H and O–H groups in total. The predicted octanol–water partition coefficient (Wildman–Crippen LogP) is 2.77. The van der Waals surface area contributed by atoms with Crippen LogP contribution in [-0.2, 0) is 25.1 Å². The fourth-order valence-electron chi connectivity index (χ4n) is 4.95. The van der Waals surface area contributed by atoms with Crippen LogP contribution < -0.4 is 20.4 Å². The minimum Gasteiger partial charge on any atom is -0.383 e. The van der Waals surface area contributed by atoms with Gasteiger partial charge in [0.25, 0.3) is 0 Å². The molecule has 2 saturated heterocycles. The maximum atomic E-state index is 11.9. The number of fused-ring (bicyclic) bond motifs is 2. The van der Waals surface area contributed by atoms with Crippen LogP contribution in [0.5, 0.6) is 0 Å². The number of carbonyl (C=O) groups is 1. The maximum Gasteiger partial charge on any atom is 0.236 e. The van der Waals surface area contributed by atoms with Crippen LogP contribution in [0.25, 0.3) is 0 Å². The lowest BCUT2D eigenvalue weighted by Gasteiger charge is -2.29. The molecular weight excluding hydrogens is 444 g/mol. The Labute approximate surface area is 207 Å². The van der Waals surface area contributed by atoms with Crippen LogP contribution in [0.2, 0.25) is 0 Å². The summed E-state index contributed by atoms with van der Waals surface area (Å²) in [6.45, 7) is 16.0. The Balaban J connectivity index is 0.000000145. The number of amides is 1. The molecule has 4 aliphatic heterocycles. The Morgan fingerprint density at radius 3 is 1.89 bits per heavy atom. The number of hydrogen-bond acceptors (Lipinski definition) is 8. The van der Waals surface area contributed by atoms with E-state index in [4.69, 9.17) is 9.47 Å². The molecule has 0 bridgehead atoms. The molecule has 9 heteroatoms. The van der Waals surface area contributed by atoms with E-state index in [0.717, 1.165) is 76.2 Å². The van der Waals surface area contributed by atoms with Crippen LogP contribution in [0, 0.1) is 0 Å². The highest BCUT2D eigenvalue weighted by molar-refractivity contribution is 6.05. The summed E-state index contributed by atoms with van der Waals surface area (Å²) in [6, 6.07) is 4.24. The SMILES string of the molecule is CC1(C)C(=O)Nc2cc(N3CCOCC3)cnc21.CC1(C)CNc2cc(N3CCOCC3)cnc21. The van der Waals surface area contributed by atoms with E-state index in [9.17, 15) is 4.79 Å². The second-order valence-electron chi connectivity index (χ2n) is 10.7. The summed E-state index contributed by atoms with van der Waals surface area (Å²) < 4.78 is 10.7. The molecule has 188 valence electrons. The highest BCUT2D eigenvalue weighted by Crippen LogP contribution is 2.38. The summed E-state index contributed by atoms with van der Waals surface area (Å²) >= 11 is 0. The Morgan fingerprint density at radius 1 is 0.800 bits per heavy atom. The number of ether oxygens (including phenoxy) is 2. The molecule has 0 atom stereocenters. The Bertz CT molecular complexity index is 1090. The van der Waals surface area contributed by atoms with E-state index in [1.165, 1.54) is 17.1 Å². The zero-order valence-corrected chi connectivity index (χ0v) is 21.2. The number of pyridine rings is 2. The lowest BCUT2D eigenvalue weighted by Crippen LogP contribution is -2.36. The largest absolute Gasteiger partial charge is 0.383 e.